The molecule has 1 fully saturated rings. The Balaban J connectivity index is 2.08. The lowest BCUT2D eigenvalue weighted by molar-refractivity contribution is 0.173. The van der Waals surface area contributed by atoms with Crippen molar-refractivity contribution in [3.8, 4) is 11.5 Å². The molecule has 1 heterocycles. The Morgan fingerprint density at radius 1 is 1.40 bits per heavy atom. The normalized spacial score (nSPS) is 25.9. The molecule has 0 bridgehead atoms. The quantitative estimate of drug-likeness (QED) is 0.900. The Kier molecular flexibility index (Phi) is 3.63. The van der Waals surface area contributed by atoms with Crippen molar-refractivity contribution in [3.63, 3.8) is 0 Å². The zero-order valence-corrected chi connectivity index (χ0v) is 12.8. The third kappa shape index (κ3) is 2.08. The third-order valence-electron chi connectivity index (χ3n) is 5.20. The molecule has 20 heavy (non-hydrogen) atoms. The number of fused-ring (bicyclic) bond motifs is 3. The minimum absolute atomic E-state index is 0.494. The van der Waals surface area contributed by atoms with Gasteiger partial charge in [0.15, 0.2) is 0 Å². The van der Waals surface area contributed by atoms with Gasteiger partial charge in [0, 0.05) is 18.0 Å². The molecule has 2 atom stereocenters. The van der Waals surface area contributed by atoms with Crippen molar-refractivity contribution < 1.29 is 9.84 Å². The predicted octanol–water partition coefficient (Wildman–Crippen LogP) is 2.94. The first-order valence-corrected chi connectivity index (χ1v) is 7.75. The van der Waals surface area contributed by atoms with Crippen LogP contribution < -0.4 is 4.74 Å². The number of hydrogen-bond acceptors (Lipinski definition) is 3. The molecule has 0 amide bonds. The summed E-state index contributed by atoms with van der Waals surface area (Å²) in [6, 6.07) is 2.20. The van der Waals surface area contributed by atoms with Gasteiger partial charge in [0.2, 0.25) is 0 Å². The molecule has 0 saturated carbocycles. The van der Waals surface area contributed by atoms with E-state index in [-0.39, 0.29) is 0 Å². The highest BCUT2D eigenvalue weighted by Gasteiger charge is 2.35. The molecule has 1 saturated heterocycles. The fourth-order valence-electron chi connectivity index (χ4n) is 4.06. The van der Waals surface area contributed by atoms with Crippen LogP contribution in [0.25, 0.3) is 0 Å². The van der Waals surface area contributed by atoms with Crippen LogP contribution in [0, 0.1) is 5.92 Å². The molecule has 3 rings (SSSR count). The number of piperidine rings is 1. The van der Waals surface area contributed by atoms with Gasteiger partial charge in [0.05, 0.1) is 7.11 Å². The van der Waals surface area contributed by atoms with Gasteiger partial charge in [-0.1, -0.05) is 6.92 Å². The van der Waals surface area contributed by atoms with Crippen molar-refractivity contribution in [1.29, 1.82) is 0 Å². The van der Waals surface area contributed by atoms with Crippen LogP contribution in [0.5, 0.6) is 11.5 Å². The largest absolute Gasteiger partial charge is 0.507 e. The highest BCUT2D eigenvalue weighted by atomic mass is 16.5. The van der Waals surface area contributed by atoms with E-state index in [1.54, 1.807) is 7.11 Å². The Morgan fingerprint density at radius 3 is 2.90 bits per heavy atom. The van der Waals surface area contributed by atoms with E-state index in [2.05, 4.69) is 24.9 Å². The summed E-state index contributed by atoms with van der Waals surface area (Å²) in [6.07, 6.45) is 4.33. The fraction of sp³-hybridized carbons (Fsp3) is 0.647. The number of aromatic hydroxyl groups is 1. The van der Waals surface area contributed by atoms with E-state index in [1.165, 1.54) is 30.5 Å². The van der Waals surface area contributed by atoms with Crippen LogP contribution in [-0.2, 0) is 12.8 Å². The van der Waals surface area contributed by atoms with Crippen molar-refractivity contribution >= 4 is 0 Å². The van der Waals surface area contributed by atoms with Gasteiger partial charge in [-0.25, -0.2) is 0 Å². The zero-order valence-electron chi connectivity index (χ0n) is 12.8. The van der Waals surface area contributed by atoms with E-state index in [0.717, 1.165) is 36.6 Å². The van der Waals surface area contributed by atoms with Crippen LogP contribution in [0.4, 0.5) is 0 Å². The molecule has 0 unspecified atom stereocenters. The highest BCUT2D eigenvalue weighted by Crippen LogP contribution is 2.47. The Hall–Kier alpha value is -1.22. The number of nitrogens with zero attached hydrogens (tertiary/aromatic N) is 1. The Morgan fingerprint density at radius 2 is 2.20 bits per heavy atom. The van der Waals surface area contributed by atoms with Crippen molar-refractivity contribution in [1.82, 2.24) is 4.90 Å². The van der Waals surface area contributed by atoms with Crippen LogP contribution >= 0.6 is 0 Å². The van der Waals surface area contributed by atoms with Crippen LogP contribution in [-0.4, -0.2) is 37.3 Å². The van der Waals surface area contributed by atoms with E-state index in [0.29, 0.717) is 11.7 Å². The number of benzene rings is 1. The molecule has 110 valence electrons. The maximum atomic E-state index is 10.6. The lowest BCUT2D eigenvalue weighted by Crippen LogP contribution is -2.39. The number of rotatable bonds is 2. The molecule has 1 aromatic rings. The van der Waals surface area contributed by atoms with E-state index >= 15 is 0 Å². The smallest absolute Gasteiger partial charge is 0.126 e. The topological polar surface area (TPSA) is 32.7 Å². The van der Waals surface area contributed by atoms with Gasteiger partial charge in [-0.05, 0) is 62.4 Å². The van der Waals surface area contributed by atoms with Crippen molar-refractivity contribution in [3.05, 3.63) is 22.8 Å². The van der Waals surface area contributed by atoms with Crippen LogP contribution in [0.3, 0.4) is 0 Å². The Labute approximate surface area is 121 Å². The SMILES string of the molecule is CCc1c(OC)cc2c(c1O)CC[C@H]1CCN(C)C[C@H]21. The number of hydrogen-bond donors (Lipinski definition) is 1. The molecule has 0 spiro atoms. The molecule has 0 aromatic heterocycles. The van der Waals surface area contributed by atoms with Gasteiger partial charge in [0.25, 0.3) is 0 Å². The standard InChI is InChI=1S/C17H25NO2/c1-4-12-16(20-3)9-14-13(17(12)19)6-5-11-7-8-18(2)10-15(11)14/h9,11,15,19H,4-8,10H2,1-3H3/t11-,15-/m0/s1. The van der Waals surface area contributed by atoms with E-state index in [1.807, 2.05) is 0 Å². The molecular formula is C17H25NO2. The summed E-state index contributed by atoms with van der Waals surface area (Å²) in [7, 11) is 3.90. The molecule has 2 aliphatic rings. The summed E-state index contributed by atoms with van der Waals surface area (Å²) in [5.74, 6) is 2.68. The maximum Gasteiger partial charge on any atom is 0.126 e. The number of likely N-dealkylation sites (tertiary alicyclic amines) is 1. The highest BCUT2D eigenvalue weighted by molar-refractivity contribution is 5.55. The third-order valence-corrected chi connectivity index (χ3v) is 5.20. The molecule has 1 aliphatic heterocycles. The number of likely N-dealkylation sites (N-methyl/N-ethyl adjacent to an activating group) is 1. The van der Waals surface area contributed by atoms with Crippen LogP contribution in [0.15, 0.2) is 6.07 Å². The number of methoxy groups -OCH3 is 1. The lowest BCUT2D eigenvalue weighted by atomic mass is 9.71. The first-order chi connectivity index (χ1) is 9.65. The van der Waals surface area contributed by atoms with Gasteiger partial charge in [-0.3, -0.25) is 0 Å². The summed E-state index contributed by atoms with van der Waals surface area (Å²) in [5.41, 5.74) is 3.48. The van der Waals surface area contributed by atoms with Gasteiger partial charge in [-0.2, -0.15) is 0 Å². The monoisotopic (exact) mass is 275 g/mol. The Bertz CT molecular complexity index is 512. The molecule has 1 N–H and O–H groups in total. The second-order valence-corrected chi connectivity index (χ2v) is 6.28. The maximum absolute atomic E-state index is 10.6. The minimum Gasteiger partial charge on any atom is -0.507 e. The van der Waals surface area contributed by atoms with E-state index in [4.69, 9.17) is 4.74 Å². The van der Waals surface area contributed by atoms with E-state index < -0.39 is 0 Å². The number of ether oxygens (including phenoxy) is 1. The van der Waals surface area contributed by atoms with Crippen molar-refractivity contribution in [2.45, 2.75) is 38.5 Å². The average Bonchev–Trinajstić information content (AvgIpc) is 2.46. The lowest BCUT2D eigenvalue weighted by Gasteiger charge is -2.41. The summed E-state index contributed by atoms with van der Waals surface area (Å²) in [6.45, 7) is 4.38. The average molecular weight is 275 g/mol. The predicted molar refractivity (Wildman–Crippen MR) is 80.7 cm³/mol. The van der Waals surface area contributed by atoms with Crippen LogP contribution in [0.1, 0.15) is 42.4 Å². The second kappa shape index (κ2) is 5.28. The van der Waals surface area contributed by atoms with Gasteiger partial charge >= 0.3 is 0 Å². The number of phenols is 1. The molecule has 1 aliphatic carbocycles. The number of phenolic OH excluding ortho intramolecular Hbond substituents is 1. The zero-order chi connectivity index (χ0) is 14.3. The molecule has 3 heteroatoms. The first kappa shape index (κ1) is 13.7. The first-order valence-electron chi connectivity index (χ1n) is 7.75. The minimum atomic E-state index is 0.494. The van der Waals surface area contributed by atoms with Crippen molar-refractivity contribution in [2.75, 3.05) is 27.2 Å². The molecule has 1 aromatic carbocycles. The van der Waals surface area contributed by atoms with Gasteiger partial charge < -0.3 is 14.7 Å². The van der Waals surface area contributed by atoms with E-state index in [9.17, 15) is 5.11 Å². The summed E-state index contributed by atoms with van der Waals surface area (Å²) in [5, 5.41) is 10.6. The van der Waals surface area contributed by atoms with Crippen molar-refractivity contribution in [2.24, 2.45) is 5.92 Å². The van der Waals surface area contributed by atoms with Gasteiger partial charge in [0.1, 0.15) is 11.5 Å². The second-order valence-electron chi connectivity index (χ2n) is 6.28. The van der Waals surface area contributed by atoms with Crippen LogP contribution in [0.2, 0.25) is 0 Å². The summed E-state index contributed by atoms with van der Waals surface area (Å²) >= 11 is 0. The van der Waals surface area contributed by atoms with Gasteiger partial charge in [-0.15, -0.1) is 0 Å². The molecule has 0 radical (unpaired) electrons. The molecule has 3 nitrogen and oxygen atoms in total. The molecular weight excluding hydrogens is 250 g/mol. The summed E-state index contributed by atoms with van der Waals surface area (Å²) in [4.78, 5) is 2.41. The summed E-state index contributed by atoms with van der Waals surface area (Å²) < 4.78 is 5.52. The fourth-order valence-corrected chi connectivity index (χ4v) is 4.06.